The Morgan fingerprint density at radius 2 is 1.74 bits per heavy atom. The van der Waals surface area contributed by atoms with Gasteiger partial charge < -0.3 is 9.64 Å². The molecule has 2 saturated heterocycles. The van der Waals surface area contributed by atoms with Crippen LogP contribution in [0.2, 0.25) is 0 Å². The van der Waals surface area contributed by atoms with Crippen molar-refractivity contribution in [2.75, 3.05) is 26.7 Å². The number of rotatable bonds is 8. The quantitative estimate of drug-likeness (QED) is 0.621. The smallest absolute Gasteiger partial charge is 0.243 e. The molecule has 1 spiro atoms. The van der Waals surface area contributed by atoms with Gasteiger partial charge >= 0.3 is 0 Å². The van der Waals surface area contributed by atoms with Crippen molar-refractivity contribution in [3.63, 3.8) is 0 Å². The van der Waals surface area contributed by atoms with E-state index in [0.29, 0.717) is 50.6 Å². The fourth-order valence-electron chi connectivity index (χ4n) is 4.96. The van der Waals surface area contributed by atoms with E-state index in [0.717, 1.165) is 12.0 Å². The molecule has 1 N–H and O–H groups in total. The fourth-order valence-corrected chi connectivity index (χ4v) is 6.41. The van der Waals surface area contributed by atoms with E-state index in [2.05, 4.69) is 19.2 Å². The zero-order valence-corrected chi connectivity index (χ0v) is 21.1. The molecule has 0 aliphatic carbocycles. The molecule has 0 unspecified atom stereocenters. The highest BCUT2D eigenvalue weighted by atomic mass is 32.2. The number of benzene rings is 2. The topological polar surface area (TPSA) is 79.0 Å². The normalized spacial score (nSPS) is 21.7. The second kappa shape index (κ2) is 10.1. The first-order valence-corrected chi connectivity index (χ1v) is 13.5. The van der Waals surface area contributed by atoms with Gasteiger partial charge in [0.05, 0.1) is 23.7 Å². The highest BCUT2D eigenvalue weighted by Gasteiger charge is 2.52. The molecule has 2 fully saturated rings. The van der Waals surface area contributed by atoms with Crippen molar-refractivity contribution >= 4 is 15.9 Å². The Labute approximate surface area is 203 Å². The van der Waals surface area contributed by atoms with E-state index in [1.807, 2.05) is 35.2 Å². The number of hydrogen-bond donors (Lipinski definition) is 1. The zero-order valence-electron chi connectivity index (χ0n) is 20.2. The van der Waals surface area contributed by atoms with Crippen LogP contribution >= 0.6 is 0 Å². The van der Waals surface area contributed by atoms with Crippen LogP contribution in [-0.2, 0) is 21.2 Å². The van der Waals surface area contributed by atoms with Crippen LogP contribution in [0.5, 0.6) is 5.75 Å². The van der Waals surface area contributed by atoms with Gasteiger partial charge in [-0.1, -0.05) is 50.6 Å². The molecule has 7 nitrogen and oxygen atoms in total. The lowest BCUT2D eigenvalue weighted by Gasteiger charge is -2.45. The number of carbonyl (C=O) groups is 1. The molecule has 184 valence electrons. The predicted octanol–water partition coefficient (Wildman–Crippen LogP) is 3.27. The first-order valence-electron chi connectivity index (χ1n) is 12.1. The Morgan fingerprint density at radius 1 is 1.09 bits per heavy atom. The van der Waals surface area contributed by atoms with Crippen molar-refractivity contribution in [1.29, 1.82) is 0 Å². The molecule has 4 rings (SSSR count). The monoisotopic (exact) mass is 485 g/mol. The third-order valence-electron chi connectivity index (χ3n) is 7.24. The first-order chi connectivity index (χ1) is 16.3. The third-order valence-corrected chi connectivity index (χ3v) is 9.16. The predicted molar refractivity (Wildman–Crippen MR) is 132 cm³/mol. The van der Waals surface area contributed by atoms with Crippen LogP contribution < -0.4 is 10.1 Å². The van der Waals surface area contributed by atoms with Crippen LogP contribution in [0.15, 0.2) is 59.5 Å². The summed E-state index contributed by atoms with van der Waals surface area (Å²) in [5.74, 6) is 1.12. The number of methoxy groups -OCH3 is 1. The summed E-state index contributed by atoms with van der Waals surface area (Å²) in [4.78, 5) is 15.8. The number of piperidine rings is 1. The van der Waals surface area contributed by atoms with Gasteiger partial charge in [-0.25, -0.2) is 8.42 Å². The van der Waals surface area contributed by atoms with Crippen molar-refractivity contribution in [1.82, 2.24) is 14.5 Å². The number of hydrogen-bond acceptors (Lipinski definition) is 5. The summed E-state index contributed by atoms with van der Waals surface area (Å²) in [7, 11) is -2.05. The molecule has 2 atom stereocenters. The molecule has 2 aromatic carbocycles. The molecule has 0 bridgehead atoms. The number of sulfonamides is 1. The summed E-state index contributed by atoms with van der Waals surface area (Å²) in [5, 5.41) is 3.65. The highest BCUT2D eigenvalue weighted by molar-refractivity contribution is 7.89. The molecule has 8 heteroatoms. The van der Waals surface area contributed by atoms with Gasteiger partial charge in [-0.15, -0.1) is 0 Å². The maximum Gasteiger partial charge on any atom is 0.243 e. The molecule has 0 saturated carbocycles. The second-order valence-electron chi connectivity index (χ2n) is 9.46. The van der Waals surface area contributed by atoms with E-state index in [4.69, 9.17) is 4.74 Å². The molecule has 2 aliphatic heterocycles. The summed E-state index contributed by atoms with van der Waals surface area (Å²) >= 11 is 0. The molecule has 1 amide bonds. The van der Waals surface area contributed by atoms with Gasteiger partial charge in [0, 0.05) is 19.6 Å². The Morgan fingerprint density at radius 3 is 2.32 bits per heavy atom. The minimum absolute atomic E-state index is 0.121. The third kappa shape index (κ3) is 4.85. The molecular weight excluding hydrogens is 450 g/mol. The van der Waals surface area contributed by atoms with Crippen molar-refractivity contribution in [2.45, 2.75) is 56.1 Å². The van der Waals surface area contributed by atoms with Gasteiger partial charge in [-0.2, -0.15) is 4.31 Å². The Balaban J connectivity index is 1.52. The zero-order chi connectivity index (χ0) is 24.3. The van der Waals surface area contributed by atoms with E-state index in [1.165, 1.54) is 4.31 Å². The number of ether oxygens (including phenoxy) is 1. The standard InChI is InChI=1S/C26H35N3O4S/c1-4-20(2)19-29-25(30)24(18-21-8-6-5-7-9-21)27-26(29)14-16-28(17-15-26)34(31,32)23-12-10-22(33-3)11-13-23/h5-13,20,24,27H,4,14-19H2,1-3H3/t20-,24-/m0/s1. The van der Waals surface area contributed by atoms with Gasteiger partial charge in [0.15, 0.2) is 0 Å². The largest absolute Gasteiger partial charge is 0.497 e. The van der Waals surface area contributed by atoms with E-state index in [-0.39, 0.29) is 16.8 Å². The molecule has 0 aromatic heterocycles. The lowest BCUT2D eigenvalue weighted by molar-refractivity contribution is -0.134. The summed E-state index contributed by atoms with van der Waals surface area (Å²) in [6.07, 6.45) is 2.75. The average Bonchev–Trinajstić information content (AvgIpc) is 3.10. The number of carbonyl (C=O) groups excluding carboxylic acids is 1. The van der Waals surface area contributed by atoms with E-state index in [9.17, 15) is 13.2 Å². The van der Waals surface area contributed by atoms with Gasteiger partial charge in [0.2, 0.25) is 15.9 Å². The fraction of sp³-hybridized carbons (Fsp3) is 0.500. The summed E-state index contributed by atoms with van der Waals surface area (Å²) in [5.41, 5.74) is 0.611. The van der Waals surface area contributed by atoms with Crippen molar-refractivity contribution in [3.05, 3.63) is 60.2 Å². The van der Waals surface area contributed by atoms with Crippen LogP contribution in [0.25, 0.3) is 0 Å². The first kappa shape index (κ1) is 24.7. The molecule has 34 heavy (non-hydrogen) atoms. The summed E-state index contributed by atoms with van der Waals surface area (Å²) in [6.45, 7) is 5.71. The van der Waals surface area contributed by atoms with Crippen LogP contribution in [-0.4, -0.2) is 62.0 Å². The Hall–Kier alpha value is -2.42. The van der Waals surface area contributed by atoms with E-state index in [1.54, 1.807) is 31.4 Å². The maximum absolute atomic E-state index is 13.5. The summed E-state index contributed by atoms with van der Waals surface area (Å²) < 4.78 is 33.2. The van der Waals surface area contributed by atoms with Crippen molar-refractivity contribution < 1.29 is 17.9 Å². The van der Waals surface area contributed by atoms with Crippen LogP contribution in [0, 0.1) is 5.92 Å². The van der Waals surface area contributed by atoms with Crippen LogP contribution in [0.4, 0.5) is 0 Å². The highest BCUT2D eigenvalue weighted by Crippen LogP contribution is 2.36. The van der Waals surface area contributed by atoms with Crippen LogP contribution in [0.1, 0.15) is 38.7 Å². The molecule has 2 heterocycles. The minimum Gasteiger partial charge on any atom is -0.497 e. The van der Waals surface area contributed by atoms with E-state index < -0.39 is 15.7 Å². The second-order valence-corrected chi connectivity index (χ2v) is 11.4. The van der Waals surface area contributed by atoms with Crippen molar-refractivity contribution in [3.8, 4) is 5.75 Å². The van der Waals surface area contributed by atoms with Crippen molar-refractivity contribution in [2.24, 2.45) is 5.92 Å². The van der Waals surface area contributed by atoms with Gasteiger partial charge in [-0.3, -0.25) is 10.1 Å². The number of amides is 1. The molecular formula is C26H35N3O4S. The van der Waals surface area contributed by atoms with Gasteiger partial charge in [0.1, 0.15) is 5.75 Å². The van der Waals surface area contributed by atoms with Gasteiger partial charge in [0.25, 0.3) is 0 Å². The maximum atomic E-state index is 13.5. The number of nitrogens with zero attached hydrogens (tertiary/aromatic N) is 2. The lowest BCUT2D eigenvalue weighted by Crippen LogP contribution is -2.60. The molecule has 0 radical (unpaired) electrons. The molecule has 2 aliphatic rings. The number of nitrogens with one attached hydrogen (secondary N) is 1. The summed E-state index contributed by atoms with van der Waals surface area (Å²) in [6, 6.07) is 16.2. The minimum atomic E-state index is -3.61. The van der Waals surface area contributed by atoms with Crippen LogP contribution in [0.3, 0.4) is 0 Å². The van der Waals surface area contributed by atoms with Gasteiger partial charge in [-0.05, 0) is 55.0 Å². The average molecular weight is 486 g/mol. The Bertz CT molecular complexity index is 1080. The SMILES string of the molecule is CC[C@H](C)CN1C(=O)[C@H](Cc2ccccc2)NC12CCN(S(=O)(=O)c1ccc(OC)cc1)CC2. The molecule has 2 aromatic rings. The lowest BCUT2D eigenvalue weighted by atomic mass is 9.95. The Kier molecular flexibility index (Phi) is 7.31. The van der Waals surface area contributed by atoms with E-state index >= 15 is 0 Å².